The Balaban J connectivity index is 2.82. The second-order valence-electron chi connectivity index (χ2n) is 2.44. The van der Waals surface area contributed by atoms with Crippen molar-refractivity contribution in [1.82, 2.24) is 4.98 Å². The van der Waals surface area contributed by atoms with Crippen molar-refractivity contribution in [3.8, 4) is 0 Å². The molecule has 5 heteroatoms. The summed E-state index contributed by atoms with van der Waals surface area (Å²) in [6, 6.07) is 5.25. The summed E-state index contributed by atoms with van der Waals surface area (Å²) < 4.78 is 0. The number of pyridine rings is 1. The van der Waals surface area contributed by atoms with Crippen molar-refractivity contribution < 1.29 is 9.90 Å². The van der Waals surface area contributed by atoms with Crippen LogP contribution in [0.15, 0.2) is 24.4 Å². The lowest BCUT2D eigenvalue weighted by molar-refractivity contribution is -0.138. The van der Waals surface area contributed by atoms with E-state index in [-0.39, 0.29) is 0 Å². The topological polar surface area (TPSA) is 50.2 Å². The molecule has 0 bridgehead atoms. The van der Waals surface area contributed by atoms with Crippen LogP contribution in [0.1, 0.15) is 11.6 Å². The first kappa shape index (κ1) is 10.4. The Kier molecular flexibility index (Phi) is 4.11. The van der Waals surface area contributed by atoms with Crippen LogP contribution in [0.25, 0.3) is 0 Å². The van der Waals surface area contributed by atoms with Gasteiger partial charge < -0.3 is 5.11 Å². The first-order chi connectivity index (χ1) is 6.25. The van der Waals surface area contributed by atoms with Crippen LogP contribution in [0, 0.1) is 0 Å². The molecule has 1 aromatic rings. The minimum Gasteiger partial charge on any atom is -0.481 e. The fourth-order valence-corrected chi connectivity index (χ4v) is 1.85. The summed E-state index contributed by atoms with van der Waals surface area (Å²) in [6.45, 7) is 0. The van der Waals surface area contributed by atoms with Crippen molar-refractivity contribution in [2.45, 2.75) is 5.92 Å². The van der Waals surface area contributed by atoms with Gasteiger partial charge in [-0.2, -0.15) is 0 Å². The zero-order valence-corrected chi connectivity index (χ0v) is 8.46. The predicted molar refractivity (Wildman–Crippen MR) is 56.1 cm³/mol. The number of hydrogen-bond donors (Lipinski definition) is 2. The number of aliphatic carboxylic acids is 1. The van der Waals surface area contributed by atoms with E-state index in [1.165, 1.54) is 10.8 Å². The van der Waals surface area contributed by atoms with E-state index in [1.54, 1.807) is 24.4 Å². The highest BCUT2D eigenvalue weighted by atomic mass is 33.1. The van der Waals surface area contributed by atoms with Gasteiger partial charge in [0.15, 0.2) is 0 Å². The molecular weight excluding hydrogens is 206 g/mol. The molecule has 1 atom stereocenters. The van der Waals surface area contributed by atoms with Gasteiger partial charge in [0.25, 0.3) is 0 Å². The van der Waals surface area contributed by atoms with Gasteiger partial charge in [-0.3, -0.25) is 9.78 Å². The van der Waals surface area contributed by atoms with E-state index in [0.29, 0.717) is 11.4 Å². The third-order valence-electron chi connectivity index (χ3n) is 1.58. The summed E-state index contributed by atoms with van der Waals surface area (Å²) in [7, 11) is 1.21. The third kappa shape index (κ3) is 2.93. The van der Waals surface area contributed by atoms with Crippen LogP contribution in [0.4, 0.5) is 0 Å². The van der Waals surface area contributed by atoms with Crippen LogP contribution >= 0.6 is 22.5 Å². The zero-order valence-electron chi connectivity index (χ0n) is 6.75. The van der Waals surface area contributed by atoms with E-state index in [4.69, 9.17) is 5.11 Å². The lowest BCUT2D eigenvalue weighted by atomic mass is 10.1. The normalized spacial score (nSPS) is 12.4. The quantitative estimate of drug-likeness (QED) is 0.594. The smallest absolute Gasteiger partial charge is 0.313 e. The van der Waals surface area contributed by atoms with Crippen LogP contribution in [0.2, 0.25) is 0 Å². The summed E-state index contributed by atoms with van der Waals surface area (Å²) in [5.41, 5.74) is 0.580. The first-order valence-corrected chi connectivity index (χ1v) is 5.69. The average molecular weight is 215 g/mol. The number of nitrogens with zero attached hydrogens (tertiary/aromatic N) is 1. The molecule has 0 saturated heterocycles. The van der Waals surface area contributed by atoms with Crippen molar-refractivity contribution in [3.63, 3.8) is 0 Å². The lowest BCUT2D eigenvalue weighted by Crippen LogP contribution is -2.14. The number of thiol groups is 1. The fourth-order valence-electron chi connectivity index (χ4n) is 0.940. The first-order valence-electron chi connectivity index (χ1n) is 3.66. The molecule has 1 rings (SSSR count). The molecule has 0 amide bonds. The second kappa shape index (κ2) is 5.14. The van der Waals surface area contributed by atoms with Crippen LogP contribution in [0.5, 0.6) is 0 Å². The van der Waals surface area contributed by atoms with Crippen molar-refractivity contribution >= 4 is 28.4 Å². The molecule has 13 heavy (non-hydrogen) atoms. The highest BCUT2D eigenvalue weighted by Gasteiger charge is 2.19. The number of rotatable bonds is 4. The molecule has 0 aliphatic heterocycles. The molecule has 0 aliphatic carbocycles. The molecule has 0 fully saturated rings. The van der Waals surface area contributed by atoms with Gasteiger partial charge in [-0.1, -0.05) is 16.9 Å². The summed E-state index contributed by atoms with van der Waals surface area (Å²) in [5, 5.41) is 8.87. The maximum atomic E-state index is 10.8. The minimum absolute atomic E-state index is 0.426. The molecule has 0 aliphatic rings. The van der Waals surface area contributed by atoms with Crippen molar-refractivity contribution in [3.05, 3.63) is 30.1 Å². The molecule has 1 N–H and O–H groups in total. The third-order valence-corrected chi connectivity index (χ3v) is 2.51. The standard InChI is InChI=1S/C8H9NO2S2/c10-8(11)6(5-13-12)7-3-1-2-4-9-7/h1-4,6,12H,5H2,(H,10,11). The van der Waals surface area contributed by atoms with E-state index in [2.05, 4.69) is 16.6 Å². The molecule has 0 spiro atoms. The monoisotopic (exact) mass is 215 g/mol. The van der Waals surface area contributed by atoms with E-state index in [0.717, 1.165) is 0 Å². The largest absolute Gasteiger partial charge is 0.481 e. The SMILES string of the molecule is O=C(O)C(CSS)c1ccccn1. The Morgan fingerprint density at radius 1 is 1.69 bits per heavy atom. The minimum atomic E-state index is -0.861. The molecule has 1 unspecified atom stereocenters. The highest BCUT2D eigenvalue weighted by Crippen LogP contribution is 2.20. The van der Waals surface area contributed by atoms with Crippen molar-refractivity contribution in [1.29, 1.82) is 0 Å². The van der Waals surface area contributed by atoms with Crippen LogP contribution in [0.3, 0.4) is 0 Å². The number of aromatic nitrogens is 1. The molecule has 3 nitrogen and oxygen atoms in total. The molecular formula is C8H9NO2S2. The fraction of sp³-hybridized carbons (Fsp3) is 0.250. The second-order valence-corrected chi connectivity index (χ2v) is 3.81. The summed E-state index contributed by atoms with van der Waals surface area (Å²) in [5.74, 6) is -1.00. The summed E-state index contributed by atoms with van der Waals surface area (Å²) >= 11 is 3.93. The van der Waals surface area contributed by atoms with Gasteiger partial charge in [-0.05, 0) is 12.1 Å². The Labute approximate surface area is 85.4 Å². The van der Waals surface area contributed by atoms with Crippen molar-refractivity contribution in [2.75, 3.05) is 5.75 Å². The van der Waals surface area contributed by atoms with E-state index < -0.39 is 11.9 Å². The molecule has 70 valence electrons. The van der Waals surface area contributed by atoms with E-state index in [9.17, 15) is 4.79 Å². The zero-order chi connectivity index (χ0) is 9.68. The molecule has 0 saturated carbocycles. The highest BCUT2D eigenvalue weighted by molar-refractivity contribution is 8.68. The maximum Gasteiger partial charge on any atom is 0.313 e. The molecule has 1 aromatic heterocycles. The number of carboxylic acid groups (broad SMARTS) is 1. The van der Waals surface area contributed by atoms with Crippen LogP contribution in [-0.2, 0) is 4.79 Å². The Hall–Kier alpha value is -0.680. The Morgan fingerprint density at radius 3 is 2.92 bits per heavy atom. The van der Waals surface area contributed by atoms with Crippen LogP contribution < -0.4 is 0 Å². The number of hydrogen-bond acceptors (Lipinski definition) is 4. The molecule has 0 radical (unpaired) electrons. The average Bonchev–Trinajstić information content (AvgIpc) is 2.15. The van der Waals surface area contributed by atoms with Gasteiger partial charge in [0.1, 0.15) is 5.92 Å². The Bertz CT molecular complexity index is 279. The molecule has 0 aromatic carbocycles. The van der Waals surface area contributed by atoms with E-state index >= 15 is 0 Å². The van der Waals surface area contributed by atoms with Gasteiger partial charge in [0, 0.05) is 11.9 Å². The summed E-state index contributed by atoms with van der Waals surface area (Å²) in [4.78, 5) is 14.8. The van der Waals surface area contributed by atoms with Gasteiger partial charge in [0.05, 0.1) is 5.69 Å². The maximum absolute atomic E-state index is 10.8. The summed E-state index contributed by atoms with van der Waals surface area (Å²) in [6.07, 6.45) is 1.59. The molecule has 1 heterocycles. The van der Waals surface area contributed by atoms with Gasteiger partial charge in [-0.25, -0.2) is 0 Å². The number of carboxylic acids is 1. The lowest BCUT2D eigenvalue weighted by Gasteiger charge is -2.08. The van der Waals surface area contributed by atoms with Gasteiger partial charge in [0.2, 0.25) is 0 Å². The predicted octanol–water partition coefficient (Wildman–Crippen LogP) is 1.83. The van der Waals surface area contributed by atoms with Crippen LogP contribution in [-0.4, -0.2) is 21.8 Å². The van der Waals surface area contributed by atoms with E-state index in [1.807, 2.05) is 0 Å². The Morgan fingerprint density at radius 2 is 2.46 bits per heavy atom. The van der Waals surface area contributed by atoms with Gasteiger partial charge in [-0.15, -0.1) is 11.7 Å². The van der Waals surface area contributed by atoms with Crippen molar-refractivity contribution in [2.24, 2.45) is 0 Å². The number of carbonyl (C=O) groups is 1. The van der Waals surface area contributed by atoms with Gasteiger partial charge >= 0.3 is 5.97 Å².